The summed E-state index contributed by atoms with van der Waals surface area (Å²) in [6.07, 6.45) is 3.12. The van der Waals surface area contributed by atoms with Crippen LogP contribution in [-0.2, 0) is 38.0 Å². The van der Waals surface area contributed by atoms with Crippen LogP contribution in [0.1, 0.15) is 114 Å². The van der Waals surface area contributed by atoms with Gasteiger partial charge in [-0.25, -0.2) is 4.79 Å². The van der Waals surface area contributed by atoms with Crippen molar-refractivity contribution in [3.05, 3.63) is 35.5 Å². The maximum atomic E-state index is 13.7. The van der Waals surface area contributed by atoms with E-state index in [1.807, 2.05) is 73.6 Å². The molecule has 4 rings (SSSR count). The molecule has 0 radical (unpaired) electrons. The maximum absolute atomic E-state index is 13.7. The summed E-state index contributed by atoms with van der Waals surface area (Å²) in [7, 11) is 0. The number of nitrogens with two attached hydrogens (primary N) is 1. The number of Topliss-reactive ketones (excluding diaryl/α,β-unsaturated/α-hetero) is 1. The number of primary amides is 1. The van der Waals surface area contributed by atoms with Crippen LogP contribution < -0.4 is 5.73 Å². The summed E-state index contributed by atoms with van der Waals surface area (Å²) in [5.74, 6) is -3.55. The topological polar surface area (TPSA) is 197 Å². The average molecular weight is 764 g/mol. The van der Waals surface area contributed by atoms with Crippen LogP contribution >= 0.6 is 0 Å². The fourth-order valence-corrected chi connectivity index (χ4v) is 8.43. The molecule has 0 spiro atoms. The van der Waals surface area contributed by atoms with Gasteiger partial charge in [0.25, 0.3) is 0 Å². The molecule has 4 aliphatic heterocycles. The number of fused-ring (bicyclic) bond motifs is 2. The summed E-state index contributed by atoms with van der Waals surface area (Å²) < 4.78 is 35.8. The Balaban J connectivity index is 1.60. The number of hydrogen-bond acceptors (Lipinski definition) is 12. The Bertz CT molecular complexity index is 1410. The molecule has 5 N–H and O–H groups in total. The molecular formula is C41H65NO12. The maximum Gasteiger partial charge on any atom is 0.404 e. The highest BCUT2D eigenvalue weighted by Crippen LogP contribution is 2.45. The minimum Gasteiger partial charge on any atom is -0.462 e. The Labute approximate surface area is 320 Å². The molecule has 0 aliphatic carbocycles. The lowest BCUT2D eigenvalue weighted by Crippen LogP contribution is -2.50. The molecule has 306 valence electrons. The van der Waals surface area contributed by atoms with Gasteiger partial charge < -0.3 is 49.5 Å². The number of esters is 1. The molecule has 2 bridgehead atoms. The van der Waals surface area contributed by atoms with E-state index in [-0.39, 0.29) is 43.0 Å². The predicted octanol–water partition coefficient (Wildman–Crippen LogP) is 5.18. The Morgan fingerprint density at radius 2 is 1.72 bits per heavy atom. The number of carbonyl (C=O) groups is 3. The van der Waals surface area contributed by atoms with E-state index in [0.717, 1.165) is 11.1 Å². The molecule has 1 unspecified atom stereocenters. The van der Waals surface area contributed by atoms with E-state index in [1.54, 1.807) is 6.92 Å². The third-order valence-electron chi connectivity index (χ3n) is 11.8. The van der Waals surface area contributed by atoms with Crippen molar-refractivity contribution in [3.63, 3.8) is 0 Å². The first-order valence-electron chi connectivity index (χ1n) is 19.7. The average Bonchev–Trinajstić information content (AvgIpc) is 3.81. The number of ketones is 1. The largest absolute Gasteiger partial charge is 0.462 e. The second kappa shape index (κ2) is 18.5. The second-order valence-electron chi connectivity index (χ2n) is 16.5. The van der Waals surface area contributed by atoms with Crippen LogP contribution in [0, 0.1) is 23.7 Å². The lowest BCUT2D eigenvalue weighted by atomic mass is 9.79. The van der Waals surface area contributed by atoms with Gasteiger partial charge in [0.05, 0.1) is 30.8 Å². The van der Waals surface area contributed by atoms with E-state index in [0.29, 0.717) is 32.1 Å². The van der Waals surface area contributed by atoms with Crippen LogP contribution in [0.15, 0.2) is 35.5 Å². The lowest BCUT2D eigenvalue weighted by Gasteiger charge is -2.38. The van der Waals surface area contributed by atoms with Gasteiger partial charge >= 0.3 is 12.1 Å². The first-order valence-corrected chi connectivity index (χ1v) is 19.7. The number of carbonyl (C=O) groups excluding carboxylic acids is 3. The fraction of sp³-hybridized carbons (Fsp3) is 0.780. The number of aliphatic hydroxyl groups excluding tert-OH is 2. The number of amides is 1. The molecule has 2 fully saturated rings. The SMILES string of the molecule is CCC(=O)[C@@]1(C)O[C@H]1[C@H](C)C[C@@H](C)[C@H]1OC(=O)C[C@@]2(O)CC=C(C)[C@H](O2)/C(C)=C/CCC[C@@H](O[C@H]2C[C@@H](OC(N)=O)[C@H](O)[C@@H](C)O2)/C=C/[C@H](C)C(O)[C@H]1C. The summed E-state index contributed by atoms with van der Waals surface area (Å²) in [4.78, 5) is 37.8. The molecule has 13 heteroatoms. The molecule has 0 aromatic rings. The van der Waals surface area contributed by atoms with E-state index >= 15 is 0 Å². The Morgan fingerprint density at radius 3 is 2.39 bits per heavy atom. The predicted molar refractivity (Wildman–Crippen MR) is 200 cm³/mol. The number of hydrogen-bond donors (Lipinski definition) is 4. The van der Waals surface area contributed by atoms with Crippen molar-refractivity contribution >= 4 is 17.8 Å². The van der Waals surface area contributed by atoms with E-state index in [2.05, 4.69) is 6.08 Å². The van der Waals surface area contributed by atoms with Gasteiger partial charge in [-0.3, -0.25) is 9.59 Å². The Kier molecular flexibility index (Phi) is 15.1. The number of allylic oxidation sites excluding steroid dienone is 1. The first-order chi connectivity index (χ1) is 25.3. The quantitative estimate of drug-likeness (QED) is 0.137. The van der Waals surface area contributed by atoms with E-state index in [9.17, 15) is 29.7 Å². The van der Waals surface area contributed by atoms with Gasteiger partial charge in [0.2, 0.25) is 0 Å². The highest BCUT2D eigenvalue weighted by Gasteiger charge is 2.59. The van der Waals surface area contributed by atoms with Crippen LogP contribution in [0.2, 0.25) is 0 Å². The van der Waals surface area contributed by atoms with Crippen molar-refractivity contribution in [2.75, 3.05) is 0 Å². The van der Waals surface area contributed by atoms with Crippen molar-refractivity contribution in [2.24, 2.45) is 29.4 Å². The van der Waals surface area contributed by atoms with Gasteiger partial charge in [0.15, 0.2) is 23.5 Å². The van der Waals surface area contributed by atoms with E-state index in [1.165, 1.54) is 0 Å². The molecule has 4 heterocycles. The molecule has 0 saturated carbocycles. The van der Waals surface area contributed by atoms with Crippen molar-refractivity contribution in [1.82, 2.24) is 0 Å². The van der Waals surface area contributed by atoms with Gasteiger partial charge in [-0.2, -0.15) is 0 Å². The van der Waals surface area contributed by atoms with Crippen LogP contribution in [0.3, 0.4) is 0 Å². The minimum atomic E-state index is -1.77. The zero-order valence-corrected chi connectivity index (χ0v) is 33.6. The number of aliphatic hydroxyl groups is 3. The fourth-order valence-electron chi connectivity index (χ4n) is 8.43. The summed E-state index contributed by atoms with van der Waals surface area (Å²) in [6.45, 7) is 16.9. The molecule has 13 nitrogen and oxygen atoms in total. The summed E-state index contributed by atoms with van der Waals surface area (Å²) in [5.41, 5.74) is 6.26. The summed E-state index contributed by atoms with van der Waals surface area (Å²) in [5, 5.41) is 33.9. The third-order valence-corrected chi connectivity index (χ3v) is 11.8. The highest BCUT2D eigenvalue weighted by atomic mass is 16.7. The molecule has 0 aromatic heterocycles. The van der Waals surface area contributed by atoms with Crippen molar-refractivity contribution in [2.45, 2.75) is 180 Å². The number of cyclic esters (lactones) is 1. The van der Waals surface area contributed by atoms with Gasteiger partial charge in [-0.1, -0.05) is 58.9 Å². The van der Waals surface area contributed by atoms with Crippen LogP contribution in [0.5, 0.6) is 0 Å². The Morgan fingerprint density at radius 1 is 1.04 bits per heavy atom. The van der Waals surface area contributed by atoms with Crippen molar-refractivity contribution in [1.29, 1.82) is 0 Å². The van der Waals surface area contributed by atoms with Crippen molar-refractivity contribution < 1.29 is 58.1 Å². The first kappa shape index (κ1) is 44.1. The van der Waals surface area contributed by atoms with Gasteiger partial charge in [-0.05, 0) is 76.4 Å². The minimum absolute atomic E-state index is 0.0277. The lowest BCUT2D eigenvalue weighted by molar-refractivity contribution is -0.254. The molecule has 54 heavy (non-hydrogen) atoms. The molecule has 1 amide bonds. The van der Waals surface area contributed by atoms with Crippen molar-refractivity contribution in [3.8, 4) is 0 Å². The number of rotatable bonds is 9. The molecular weight excluding hydrogens is 698 g/mol. The van der Waals surface area contributed by atoms with Crippen LogP contribution in [-0.4, -0.2) is 99.7 Å². The Hall–Kier alpha value is -2.65. The van der Waals surface area contributed by atoms with Gasteiger partial charge in [0, 0.05) is 31.1 Å². The summed E-state index contributed by atoms with van der Waals surface area (Å²) in [6, 6.07) is 0. The van der Waals surface area contributed by atoms with Crippen LogP contribution in [0.25, 0.3) is 0 Å². The van der Waals surface area contributed by atoms with E-state index < -0.39 is 84.3 Å². The third kappa shape index (κ3) is 11.0. The van der Waals surface area contributed by atoms with Gasteiger partial charge in [0.1, 0.15) is 24.4 Å². The number of epoxide rings is 1. The summed E-state index contributed by atoms with van der Waals surface area (Å²) >= 11 is 0. The smallest absolute Gasteiger partial charge is 0.404 e. The molecule has 0 aromatic carbocycles. The molecule has 4 aliphatic rings. The zero-order chi connectivity index (χ0) is 40.1. The zero-order valence-electron chi connectivity index (χ0n) is 33.6. The highest BCUT2D eigenvalue weighted by molar-refractivity contribution is 5.89. The number of ether oxygens (including phenoxy) is 6. The standard InChI is InChI=1S/C41H65NO12/c1-10-31(43)40(9)38(54-40)26(6)19-25(5)37-27(7)34(45)22(2)15-16-29(50-33-20-30(51-39(42)47)35(46)28(8)49-33)14-12-11-13-23(3)36-24(4)17-18-41(48,53-36)21-32(44)52-37/h13,15-17,22,25-30,33-38,45-46,48H,10-12,14,18-21H2,1-9H3,(H2,42,47)/b16-15+,23-13+/t22-,25+,26+,27+,28+,29+,30+,33-,34?,35+,36+,37+,38-,40+,41+/m0/s1. The van der Waals surface area contributed by atoms with E-state index in [4.69, 9.17) is 34.2 Å². The van der Waals surface area contributed by atoms with Crippen LogP contribution in [0.4, 0.5) is 4.79 Å². The normalized spacial score (nSPS) is 42.4. The monoisotopic (exact) mass is 763 g/mol. The molecule has 2 saturated heterocycles. The molecule has 15 atom stereocenters. The second-order valence-corrected chi connectivity index (χ2v) is 16.5. The van der Waals surface area contributed by atoms with Gasteiger partial charge in [-0.15, -0.1) is 0 Å².